The van der Waals surface area contributed by atoms with E-state index in [2.05, 4.69) is 27.5 Å². The van der Waals surface area contributed by atoms with Gasteiger partial charge in [0.25, 0.3) is 0 Å². The summed E-state index contributed by atoms with van der Waals surface area (Å²) in [5.74, 6) is 0.105. The summed E-state index contributed by atoms with van der Waals surface area (Å²) in [4.78, 5) is 15.4. The molecule has 2 nitrogen and oxygen atoms in total. The van der Waals surface area contributed by atoms with E-state index in [0.29, 0.717) is 18.4 Å². The van der Waals surface area contributed by atoms with E-state index in [4.69, 9.17) is 0 Å². The third kappa shape index (κ3) is 3.11. The summed E-state index contributed by atoms with van der Waals surface area (Å²) >= 11 is 3.26. The van der Waals surface area contributed by atoms with Gasteiger partial charge in [0.15, 0.2) is 5.78 Å². The first kappa shape index (κ1) is 10.1. The molecule has 0 radical (unpaired) electrons. The Hall–Kier alpha value is -0.960. The lowest BCUT2D eigenvalue weighted by molar-refractivity contribution is 0.0983. The van der Waals surface area contributed by atoms with Gasteiger partial charge < -0.3 is 0 Å². The molecule has 0 N–H and O–H groups in total. The monoisotopic (exact) mass is 239 g/mol. The highest BCUT2D eigenvalue weighted by atomic mass is 79.9. The van der Waals surface area contributed by atoms with Crippen molar-refractivity contribution in [2.75, 3.05) is 0 Å². The molecule has 0 saturated heterocycles. The second-order valence-corrected chi connectivity index (χ2v) is 3.56. The summed E-state index contributed by atoms with van der Waals surface area (Å²) < 4.78 is 0.831. The first-order valence-electron chi connectivity index (χ1n) is 3.98. The average molecular weight is 240 g/mol. The number of allylic oxidation sites excluding steroid dienone is 1. The zero-order valence-corrected chi connectivity index (χ0v) is 8.75. The first-order chi connectivity index (χ1) is 6.24. The smallest absolute Gasteiger partial charge is 0.164 e. The van der Waals surface area contributed by atoms with Gasteiger partial charge in [0.1, 0.15) is 0 Å². The molecular weight excluding hydrogens is 230 g/mol. The Labute approximate surface area is 85.8 Å². The molecule has 0 aromatic carbocycles. The van der Waals surface area contributed by atoms with Crippen LogP contribution in [0.15, 0.2) is 35.6 Å². The maximum atomic E-state index is 11.4. The Morgan fingerprint density at radius 2 is 2.38 bits per heavy atom. The molecule has 13 heavy (non-hydrogen) atoms. The molecule has 1 aromatic heterocycles. The van der Waals surface area contributed by atoms with Crippen molar-refractivity contribution in [2.24, 2.45) is 0 Å². The molecule has 0 saturated carbocycles. The Balaban J connectivity index is 2.71. The fraction of sp³-hybridized carbons (Fsp3) is 0.200. The largest absolute Gasteiger partial charge is 0.294 e. The summed E-state index contributed by atoms with van der Waals surface area (Å²) in [6, 6.07) is 1.78. The summed E-state index contributed by atoms with van der Waals surface area (Å²) in [6.45, 7) is 3.57. The van der Waals surface area contributed by atoms with Gasteiger partial charge in [-0.05, 0) is 28.4 Å². The number of nitrogens with zero attached hydrogens (tertiary/aromatic N) is 1. The zero-order chi connectivity index (χ0) is 9.68. The maximum Gasteiger partial charge on any atom is 0.164 e. The Bertz CT molecular complexity index is 322. The van der Waals surface area contributed by atoms with Crippen LogP contribution in [-0.4, -0.2) is 10.8 Å². The molecule has 0 unspecified atom stereocenters. The van der Waals surface area contributed by atoms with Crippen LogP contribution in [0.4, 0.5) is 0 Å². The van der Waals surface area contributed by atoms with Gasteiger partial charge in [-0.2, -0.15) is 0 Å². The zero-order valence-electron chi connectivity index (χ0n) is 7.16. The third-order valence-corrected chi connectivity index (χ3v) is 2.04. The molecule has 3 heteroatoms. The number of carbonyl (C=O) groups is 1. The number of ketones is 1. The van der Waals surface area contributed by atoms with Gasteiger partial charge in [0.05, 0.1) is 0 Å². The summed E-state index contributed by atoms with van der Waals surface area (Å²) in [6.07, 6.45) is 6.19. The predicted octanol–water partition coefficient (Wildman–Crippen LogP) is 2.99. The number of hydrogen-bond donors (Lipinski definition) is 0. The van der Waals surface area contributed by atoms with Gasteiger partial charge in [-0.1, -0.05) is 6.08 Å². The van der Waals surface area contributed by atoms with Crippen LogP contribution < -0.4 is 0 Å². The highest BCUT2D eigenvalue weighted by Crippen LogP contribution is 2.11. The molecule has 1 heterocycles. The molecule has 0 bridgehead atoms. The van der Waals surface area contributed by atoms with Crippen LogP contribution in [0.2, 0.25) is 0 Å². The number of Topliss-reactive ketones (excluding diaryl/α,β-unsaturated/α-hetero) is 1. The van der Waals surface area contributed by atoms with Gasteiger partial charge in [-0.25, -0.2) is 0 Å². The molecule has 0 amide bonds. The molecule has 1 aromatic rings. The van der Waals surface area contributed by atoms with E-state index in [0.717, 1.165) is 4.47 Å². The molecule has 0 aliphatic rings. The topological polar surface area (TPSA) is 30.0 Å². The first-order valence-corrected chi connectivity index (χ1v) is 4.78. The average Bonchev–Trinajstić information content (AvgIpc) is 2.14. The fourth-order valence-electron chi connectivity index (χ4n) is 0.942. The fourth-order valence-corrected chi connectivity index (χ4v) is 1.31. The van der Waals surface area contributed by atoms with Crippen LogP contribution in [0, 0.1) is 0 Å². The molecule has 1 rings (SSSR count). The Morgan fingerprint density at radius 3 is 3.00 bits per heavy atom. The van der Waals surface area contributed by atoms with Crippen molar-refractivity contribution in [1.29, 1.82) is 0 Å². The molecule has 0 aliphatic heterocycles. The van der Waals surface area contributed by atoms with Crippen LogP contribution in [0.1, 0.15) is 23.2 Å². The van der Waals surface area contributed by atoms with Gasteiger partial charge in [0, 0.05) is 28.9 Å². The van der Waals surface area contributed by atoms with E-state index in [1.54, 1.807) is 24.5 Å². The molecule has 68 valence electrons. The number of pyridine rings is 1. The normalized spacial score (nSPS) is 9.62. The standard InChI is InChI=1S/C10H10BrNO/c1-2-3-4-10(13)8-5-9(11)7-12-6-8/h2,5-7H,1,3-4H2. The molecule has 0 atom stereocenters. The van der Waals surface area contributed by atoms with E-state index in [1.165, 1.54) is 0 Å². The van der Waals surface area contributed by atoms with Crippen molar-refractivity contribution in [3.63, 3.8) is 0 Å². The number of carbonyl (C=O) groups excluding carboxylic acids is 1. The van der Waals surface area contributed by atoms with Crippen molar-refractivity contribution in [2.45, 2.75) is 12.8 Å². The van der Waals surface area contributed by atoms with Crippen LogP contribution in [0.5, 0.6) is 0 Å². The quantitative estimate of drug-likeness (QED) is 0.598. The Morgan fingerprint density at radius 1 is 1.62 bits per heavy atom. The lowest BCUT2D eigenvalue weighted by atomic mass is 10.1. The predicted molar refractivity (Wildman–Crippen MR) is 55.7 cm³/mol. The highest BCUT2D eigenvalue weighted by molar-refractivity contribution is 9.10. The highest BCUT2D eigenvalue weighted by Gasteiger charge is 2.04. The second kappa shape index (κ2) is 4.92. The minimum Gasteiger partial charge on any atom is -0.294 e. The number of rotatable bonds is 4. The summed E-state index contributed by atoms with van der Waals surface area (Å²) in [5.41, 5.74) is 0.649. The lowest BCUT2D eigenvalue weighted by Crippen LogP contribution is -1.98. The van der Waals surface area contributed by atoms with E-state index in [9.17, 15) is 4.79 Å². The van der Waals surface area contributed by atoms with Crippen LogP contribution in [0.3, 0.4) is 0 Å². The van der Waals surface area contributed by atoms with Gasteiger partial charge in [0.2, 0.25) is 0 Å². The van der Waals surface area contributed by atoms with Crippen molar-refractivity contribution in [3.8, 4) is 0 Å². The van der Waals surface area contributed by atoms with Gasteiger partial charge >= 0.3 is 0 Å². The summed E-state index contributed by atoms with van der Waals surface area (Å²) in [5, 5.41) is 0. The minimum absolute atomic E-state index is 0.105. The molecule has 0 fully saturated rings. The molecule has 0 spiro atoms. The van der Waals surface area contributed by atoms with Crippen molar-refractivity contribution >= 4 is 21.7 Å². The Kier molecular flexibility index (Phi) is 3.83. The van der Waals surface area contributed by atoms with E-state index >= 15 is 0 Å². The van der Waals surface area contributed by atoms with E-state index in [1.807, 2.05) is 0 Å². The van der Waals surface area contributed by atoms with Crippen molar-refractivity contribution in [1.82, 2.24) is 4.98 Å². The molecular formula is C10H10BrNO. The van der Waals surface area contributed by atoms with Gasteiger partial charge in [-0.15, -0.1) is 6.58 Å². The van der Waals surface area contributed by atoms with E-state index < -0.39 is 0 Å². The SMILES string of the molecule is C=CCCC(=O)c1cncc(Br)c1. The number of halogens is 1. The van der Waals surface area contributed by atoms with E-state index in [-0.39, 0.29) is 5.78 Å². The third-order valence-electron chi connectivity index (χ3n) is 1.60. The minimum atomic E-state index is 0.105. The van der Waals surface area contributed by atoms with Crippen molar-refractivity contribution < 1.29 is 4.79 Å². The lowest BCUT2D eigenvalue weighted by Gasteiger charge is -1.98. The van der Waals surface area contributed by atoms with Crippen LogP contribution in [0.25, 0.3) is 0 Å². The van der Waals surface area contributed by atoms with Crippen molar-refractivity contribution in [3.05, 3.63) is 41.2 Å². The maximum absolute atomic E-state index is 11.4. The van der Waals surface area contributed by atoms with Gasteiger partial charge in [-0.3, -0.25) is 9.78 Å². The number of aromatic nitrogens is 1. The van der Waals surface area contributed by atoms with Crippen LogP contribution >= 0.6 is 15.9 Å². The molecule has 0 aliphatic carbocycles. The second-order valence-electron chi connectivity index (χ2n) is 2.64. The number of hydrogen-bond acceptors (Lipinski definition) is 2. The summed E-state index contributed by atoms with van der Waals surface area (Å²) in [7, 11) is 0. The van der Waals surface area contributed by atoms with Crippen LogP contribution in [-0.2, 0) is 0 Å².